The van der Waals surface area contributed by atoms with Crippen molar-refractivity contribution in [2.24, 2.45) is 0 Å². The molecular weight excluding hydrogens is 843 g/mol. The van der Waals surface area contributed by atoms with Gasteiger partial charge in [0.2, 0.25) is 6.33 Å². The Morgan fingerprint density at radius 1 is 0.415 bits per heavy atom. The van der Waals surface area contributed by atoms with Crippen LogP contribution in [0.4, 0.5) is 127 Å². The van der Waals surface area contributed by atoms with Crippen molar-refractivity contribution in [2.75, 3.05) is 0 Å². The fourth-order valence-electron chi connectivity index (χ4n) is 3.67. The molecule has 0 N–H and O–H groups in total. The molecule has 0 atom stereocenters. The van der Waals surface area contributed by atoms with E-state index >= 15 is 0 Å². The molecule has 0 amide bonds. The Morgan fingerprint density at radius 3 is 0.925 bits per heavy atom. The van der Waals surface area contributed by atoms with Crippen molar-refractivity contribution < 1.29 is 132 Å². The van der Waals surface area contributed by atoms with Gasteiger partial charge in [0.25, 0.3) is 0 Å². The van der Waals surface area contributed by atoms with E-state index < -0.39 is 103 Å². The van der Waals surface area contributed by atoms with E-state index in [0.29, 0.717) is 0 Å². The van der Waals surface area contributed by atoms with Crippen LogP contribution in [0.1, 0.15) is 12.8 Å². The highest BCUT2D eigenvalue weighted by atomic mass is 19.4. The minimum atomic E-state index is -9.93. The third-order valence-corrected chi connectivity index (χ3v) is 6.98. The van der Waals surface area contributed by atoms with Gasteiger partial charge in [0.15, 0.2) is 0 Å². The summed E-state index contributed by atoms with van der Waals surface area (Å²) in [4.78, 5) is 0. The van der Waals surface area contributed by atoms with Crippen LogP contribution in [0.5, 0.6) is 0 Å². The molecule has 1 heterocycles. The SMILES string of the molecule is C=Cn1cc[n+](CCCC(F)(F)C(F)(F)C(F)(F)C(F)(F)C(F)(F)C(F)(F)C(F)(F)C(F)(F)C(F)(F)C(F)(F)C(F)(F)C(F)(F)C(F)(F)C(F)(F)F)c1. The Labute approximate surface area is 271 Å². The van der Waals surface area contributed by atoms with Gasteiger partial charge in [0, 0.05) is 6.42 Å². The number of aromatic nitrogens is 2. The van der Waals surface area contributed by atoms with E-state index in [2.05, 4.69) is 6.58 Å². The Kier molecular flexibility index (Phi) is 11.5. The quantitative estimate of drug-likeness (QED) is 0.109. The van der Waals surface area contributed by atoms with Gasteiger partial charge in [-0.15, -0.1) is 0 Å². The molecule has 0 aliphatic rings. The van der Waals surface area contributed by atoms with E-state index in [1.165, 1.54) is 0 Å². The van der Waals surface area contributed by atoms with Crippen molar-refractivity contribution in [3.63, 3.8) is 0 Å². The molecule has 1 aromatic rings. The molecule has 1 rings (SSSR count). The zero-order chi connectivity index (χ0) is 43.1. The van der Waals surface area contributed by atoms with Crippen molar-refractivity contribution in [1.82, 2.24) is 4.57 Å². The number of alkyl halides is 29. The smallest absolute Gasteiger partial charge is 0.236 e. The van der Waals surface area contributed by atoms with Gasteiger partial charge < -0.3 is 0 Å². The summed E-state index contributed by atoms with van der Waals surface area (Å²) in [5, 5.41) is 0. The summed E-state index contributed by atoms with van der Waals surface area (Å²) in [6.07, 6.45) is -8.98. The average molecular weight is 855 g/mol. The lowest BCUT2D eigenvalue weighted by molar-refractivity contribution is -0.696. The maximum absolute atomic E-state index is 14.0. The first-order chi connectivity index (χ1) is 22.8. The fraction of sp³-hybridized carbons (Fsp3) is 0.773. The van der Waals surface area contributed by atoms with E-state index in [1.54, 1.807) is 0 Å². The lowest BCUT2D eigenvalue weighted by Crippen LogP contribution is -2.79. The zero-order valence-electron chi connectivity index (χ0n) is 24.0. The lowest BCUT2D eigenvalue weighted by atomic mass is 9.83. The van der Waals surface area contributed by atoms with Crippen LogP contribution in [0, 0.1) is 0 Å². The Bertz CT molecular complexity index is 1460. The fourth-order valence-corrected chi connectivity index (χ4v) is 3.67. The van der Waals surface area contributed by atoms with Gasteiger partial charge in [-0.05, 0) is 6.42 Å². The minimum absolute atomic E-state index is 0.720. The topological polar surface area (TPSA) is 8.81 Å². The van der Waals surface area contributed by atoms with Gasteiger partial charge in [0.1, 0.15) is 12.4 Å². The van der Waals surface area contributed by atoms with E-state index in [4.69, 9.17) is 0 Å². The highest BCUT2D eigenvalue weighted by molar-refractivity contribution is 5.21. The van der Waals surface area contributed by atoms with Gasteiger partial charge in [-0.3, -0.25) is 0 Å². The lowest BCUT2D eigenvalue weighted by Gasteiger charge is -2.46. The van der Waals surface area contributed by atoms with Crippen LogP contribution < -0.4 is 4.57 Å². The molecule has 31 heteroatoms. The summed E-state index contributed by atoms with van der Waals surface area (Å²) in [7, 11) is 0. The first-order valence-corrected chi connectivity index (χ1v) is 12.4. The largest absolute Gasteiger partial charge is 0.460 e. The number of rotatable bonds is 17. The molecule has 1 aromatic heterocycles. The van der Waals surface area contributed by atoms with Gasteiger partial charge in [-0.2, -0.15) is 127 Å². The van der Waals surface area contributed by atoms with E-state index in [-0.39, 0.29) is 0 Å². The number of nitrogens with zero attached hydrogens (tertiary/aromatic N) is 2. The van der Waals surface area contributed by atoms with Gasteiger partial charge in [-0.25, -0.2) is 9.13 Å². The second-order valence-electron chi connectivity index (χ2n) is 10.5. The third-order valence-electron chi connectivity index (χ3n) is 6.98. The first-order valence-electron chi connectivity index (χ1n) is 12.4. The summed E-state index contributed by atoms with van der Waals surface area (Å²) >= 11 is 0. The molecule has 0 aromatic carbocycles. The van der Waals surface area contributed by atoms with E-state index in [9.17, 15) is 127 Å². The molecule has 0 fully saturated rings. The number of imidazole rings is 1. The first kappa shape index (κ1) is 47.9. The monoisotopic (exact) mass is 855 g/mol. The van der Waals surface area contributed by atoms with Crippen LogP contribution in [0.2, 0.25) is 0 Å². The maximum atomic E-state index is 14.0. The van der Waals surface area contributed by atoms with Crippen molar-refractivity contribution >= 4 is 6.20 Å². The molecule has 0 saturated heterocycles. The van der Waals surface area contributed by atoms with Crippen LogP contribution in [0.3, 0.4) is 0 Å². The summed E-state index contributed by atoms with van der Waals surface area (Å²) in [5.41, 5.74) is 0. The van der Waals surface area contributed by atoms with Gasteiger partial charge >= 0.3 is 83.2 Å². The highest BCUT2D eigenvalue weighted by Crippen LogP contribution is 2.69. The van der Waals surface area contributed by atoms with Crippen molar-refractivity contribution in [3.05, 3.63) is 25.3 Å². The van der Waals surface area contributed by atoms with E-state index in [1.807, 2.05) is 0 Å². The van der Waals surface area contributed by atoms with Crippen molar-refractivity contribution in [3.8, 4) is 0 Å². The molecule has 0 aliphatic carbocycles. The van der Waals surface area contributed by atoms with Crippen LogP contribution in [0.15, 0.2) is 25.3 Å². The molecule has 2 nitrogen and oxygen atoms in total. The van der Waals surface area contributed by atoms with E-state index in [0.717, 1.165) is 34.1 Å². The molecule has 0 aliphatic heterocycles. The van der Waals surface area contributed by atoms with Gasteiger partial charge in [0.05, 0.1) is 12.7 Å². The molecule has 0 radical (unpaired) electrons. The number of halogens is 29. The molecule has 0 bridgehead atoms. The Morgan fingerprint density at radius 2 is 0.679 bits per heavy atom. The molecule has 0 saturated carbocycles. The third kappa shape index (κ3) is 6.19. The predicted molar refractivity (Wildman–Crippen MR) is 111 cm³/mol. The van der Waals surface area contributed by atoms with Crippen LogP contribution in [-0.4, -0.2) is 87.7 Å². The number of hydrogen-bond donors (Lipinski definition) is 0. The van der Waals surface area contributed by atoms with Crippen LogP contribution in [0.25, 0.3) is 6.20 Å². The van der Waals surface area contributed by atoms with Crippen LogP contribution >= 0.6 is 0 Å². The number of hydrogen-bond acceptors (Lipinski definition) is 0. The molecule has 0 spiro atoms. The van der Waals surface area contributed by atoms with Crippen molar-refractivity contribution in [1.29, 1.82) is 0 Å². The summed E-state index contributed by atoms with van der Waals surface area (Å²) in [5.74, 6) is -120. The highest BCUT2D eigenvalue weighted by Gasteiger charge is 3.00. The standard InChI is InChI=1S/C22H12F29N2/c1-2-52-6-7-53(8-52)5-3-4-9(23,24)10(25,26)11(27,28)12(29,30)13(31,32)14(33,34)15(35,36)16(37,38)17(39,40)18(41,42)19(43,44)20(45,46)21(47,48)22(49,50)51/h2,6-8H,1,3-5H2/q+1. The Hall–Kier alpha value is -3.08. The second-order valence-corrected chi connectivity index (χ2v) is 10.5. The maximum Gasteiger partial charge on any atom is 0.460 e. The van der Waals surface area contributed by atoms with Crippen molar-refractivity contribution in [2.45, 2.75) is 103 Å². The normalized spacial score (nSPS) is 16.3. The number of aryl methyl sites for hydroxylation is 1. The van der Waals surface area contributed by atoms with Gasteiger partial charge in [-0.1, -0.05) is 6.58 Å². The molecule has 0 unspecified atom stereocenters. The molecule has 312 valence electrons. The summed E-state index contributed by atoms with van der Waals surface area (Å²) in [6, 6.07) is 0. The summed E-state index contributed by atoms with van der Waals surface area (Å²) in [6.45, 7) is 2.16. The Balaban J connectivity index is 3.78. The van der Waals surface area contributed by atoms with Crippen LogP contribution in [-0.2, 0) is 6.54 Å². The predicted octanol–water partition coefficient (Wildman–Crippen LogP) is 10.5. The molecule has 53 heavy (non-hydrogen) atoms. The second kappa shape index (κ2) is 12.7. The molecular formula is C22H12F29N2+. The average Bonchev–Trinajstić information content (AvgIpc) is 3.43. The zero-order valence-corrected chi connectivity index (χ0v) is 24.0. The summed E-state index contributed by atoms with van der Waals surface area (Å²) < 4.78 is 396. The minimum Gasteiger partial charge on any atom is -0.236 e.